The summed E-state index contributed by atoms with van der Waals surface area (Å²) in [6, 6.07) is 2.70. The normalized spacial score (nSPS) is 16.7. The Morgan fingerprint density at radius 3 is 2.80 bits per heavy atom. The molecule has 0 saturated heterocycles. The summed E-state index contributed by atoms with van der Waals surface area (Å²) in [4.78, 5) is 4.25. The molecule has 0 amide bonds. The van der Waals surface area contributed by atoms with Gasteiger partial charge in [-0.05, 0) is 31.4 Å². The fourth-order valence-electron chi connectivity index (χ4n) is 2.11. The Kier molecular flexibility index (Phi) is 3.09. The van der Waals surface area contributed by atoms with Gasteiger partial charge < -0.3 is 10.1 Å². The molecule has 0 atom stereocenters. The molecule has 1 aromatic heterocycles. The summed E-state index contributed by atoms with van der Waals surface area (Å²) < 4.78 is 5.24. The third-order valence-electron chi connectivity index (χ3n) is 2.90. The molecule has 3 nitrogen and oxygen atoms in total. The van der Waals surface area contributed by atoms with Gasteiger partial charge in [0.1, 0.15) is 0 Å². The lowest BCUT2D eigenvalue weighted by Crippen LogP contribution is -2.15. The molecule has 1 saturated carbocycles. The number of aromatic nitrogens is 1. The molecule has 1 aromatic rings. The fourth-order valence-corrected chi connectivity index (χ4v) is 2.11. The Morgan fingerprint density at radius 1 is 1.40 bits per heavy atom. The van der Waals surface area contributed by atoms with Crippen LogP contribution in [0.3, 0.4) is 0 Å². The molecule has 0 radical (unpaired) electrons. The highest BCUT2D eigenvalue weighted by Crippen LogP contribution is 2.27. The van der Waals surface area contributed by atoms with Crippen LogP contribution < -0.4 is 10.1 Å². The molecule has 2 rings (SSSR count). The maximum absolute atomic E-state index is 5.24. The summed E-state index contributed by atoms with van der Waals surface area (Å²) in [5.74, 6) is 0.701. The fraction of sp³-hybridized carbons (Fsp3) is 0.583. The number of nitrogens with one attached hydrogen (secondary N) is 1. The van der Waals surface area contributed by atoms with Gasteiger partial charge in [-0.25, -0.2) is 4.98 Å². The van der Waals surface area contributed by atoms with Gasteiger partial charge in [-0.3, -0.25) is 0 Å². The Bertz CT molecular complexity index is 332. The first-order chi connectivity index (χ1) is 7.29. The highest BCUT2D eigenvalue weighted by atomic mass is 16.5. The van der Waals surface area contributed by atoms with E-state index >= 15 is 0 Å². The van der Waals surface area contributed by atoms with Crippen molar-refractivity contribution in [1.82, 2.24) is 4.98 Å². The third kappa shape index (κ3) is 2.41. The van der Waals surface area contributed by atoms with Crippen molar-refractivity contribution in [2.45, 2.75) is 38.6 Å². The van der Waals surface area contributed by atoms with Crippen LogP contribution in [-0.2, 0) is 0 Å². The van der Waals surface area contributed by atoms with Crippen LogP contribution in [0, 0.1) is 6.92 Å². The second-order valence-electron chi connectivity index (χ2n) is 4.20. The highest BCUT2D eigenvalue weighted by Gasteiger charge is 2.16. The van der Waals surface area contributed by atoms with Crippen LogP contribution in [0.1, 0.15) is 31.2 Å². The molecule has 1 aliphatic rings. The van der Waals surface area contributed by atoms with Crippen molar-refractivity contribution in [2.24, 2.45) is 0 Å². The van der Waals surface area contributed by atoms with Crippen LogP contribution >= 0.6 is 0 Å². The van der Waals surface area contributed by atoms with Crippen LogP contribution in [-0.4, -0.2) is 18.1 Å². The molecule has 1 N–H and O–H groups in total. The quantitative estimate of drug-likeness (QED) is 0.825. The van der Waals surface area contributed by atoms with Crippen molar-refractivity contribution < 1.29 is 4.74 Å². The summed E-state index contributed by atoms with van der Waals surface area (Å²) >= 11 is 0. The van der Waals surface area contributed by atoms with E-state index in [2.05, 4.69) is 16.4 Å². The second kappa shape index (κ2) is 4.51. The van der Waals surface area contributed by atoms with E-state index in [1.165, 1.54) is 25.7 Å². The first-order valence-electron chi connectivity index (χ1n) is 5.57. The van der Waals surface area contributed by atoms with E-state index in [1.807, 2.05) is 13.1 Å². The Balaban J connectivity index is 2.14. The number of methoxy groups -OCH3 is 1. The van der Waals surface area contributed by atoms with E-state index in [1.54, 1.807) is 7.11 Å². The number of aryl methyl sites for hydroxylation is 1. The minimum Gasteiger partial charge on any atom is -0.480 e. The average molecular weight is 206 g/mol. The van der Waals surface area contributed by atoms with Crippen LogP contribution in [0.5, 0.6) is 5.88 Å². The molecule has 1 heterocycles. The summed E-state index contributed by atoms with van der Waals surface area (Å²) in [7, 11) is 1.66. The Hall–Kier alpha value is -1.25. The van der Waals surface area contributed by atoms with Crippen LogP contribution in [0.15, 0.2) is 12.3 Å². The van der Waals surface area contributed by atoms with Gasteiger partial charge in [-0.15, -0.1) is 0 Å². The average Bonchev–Trinajstić information content (AvgIpc) is 2.71. The van der Waals surface area contributed by atoms with Crippen molar-refractivity contribution in [3.63, 3.8) is 0 Å². The predicted octanol–water partition coefficient (Wildman–Crippen LogP) is 2.75. The molecule has 0 aromatic carbocycles. The number of rotatable bonds is 3. The zero-order valence-corrected chi connectivity index (χ0v) is 9.42. The monoisotopic (exact) mass is 206 g/mol. The molecule has 1 aliphatic carbocycles. The number of hydrogen-bond donors (Lipinski definition) is 1. The van der Waals surface area contributed by atoms with E-state index in [4.69, 9.17) is 4.74 Å². The minimum atomic E-state index is 0.600. The van der Waals surface area contributed by atoms with Gasteiger partial charge in [-0.1, -0.05) is 12.8 Å². The van der Waals surface area contributed by atoms with E-state index in [9.17, 15) is 0 Å². The zero-order valence-electron chi connectivity index (χ0n) is 9.42. The summed E-state index contributed by atoms with van der Waals surface area (Å²) in [5.41, 5.74) is 2.20. The van der Waals surface area contributed by atoms with Crippen molar-refractivity contribution in [2.75, 3.05) is 12.4 Å². The summed E-state index contributed by atoms with van der Waals surface area (Å²) in [5, 5.41) is 3.51. The third-order valence-corrected chi connectivity index (χ3v) is 2.90. The first-order valence-corrected chi connectivity index (χ1v) is 5.57. The lowest BCUT2D eigenvalue weighted by atomic mass is 10.2. The molecule has 1 fully saturated rings. The number of anilines is 1. The molecule has 0 unspecified atom stereocenters. The van der Waals surface area contributed by atoms with Gasteiger partial charge in [0.15, 0.2) is 0 Å². The molecular weight excluding hydrogens is 188 g/mol. The lowest BCUT2D eigenvalue weighted by Gasteiger charge is -2.15. The molecule has 0 bridgehead atoms. The van der Waals surface area contributed by atoms with Gasteiger partial charge in [0.25, 0.3) is 0 Å². The highest BCUT2D eigenvalue weighted by molar-refractivity contribution is 5.54. The maximum atomic E-state index is 5.24. The first kappa shape index (κ1) is 10.3. The van der Waals surface area contributed by atoms with Crippen molar-refractivity contribution in [3.8, 4) is 5.88 Å². The van der Waals surface area contributed by atoms with Crippen LogP contribution in [0.4, 0.5) is 5.69 Å². The number of ether oxygens (including phenoxy) is 1. The van der Waals surface area contributed by atoms with E-state index in [0.717, 1.165) is 11.3 Å². The Morgan fingerprint density at radius 2 is 2.13 bits per heavy atom. The zero-order chi connectivity index (χ0) is 10.7. The number of hydrogen-bond acceptors (Lipinski definition) is 3. The molecule has 3 heteroatoms. The number of pyridine rings is 1. The molecule has 82 valence electrons. The van der Waals surface area contributed by atoms with Gasteiger partial charge in [-0.2, -0.15) is 0 Å². The SMILES string of the molecule is COc1ncc(C)cc1NC1CCCC1. The molecule has 15 heavy (non-hydrogen) atoms. The summed E-state index contributed by atoms with van der Waals surface area (Å²) in [6.07, 6.45) is 7.02. The van der Waals surface area contributed by atoms with Gasteiger partial charge >= 0.3 is 0 Å². The molecule has 0 spiro atoms. The Labute approximate surface area is 90.9 Å². The van der Waals surface area contributed by atoms with Gasteiger partial charge in [0.05, 0.1) is 12.8 Å². The summed E-state index contributed by atoms with van der Waals surface area (Å²) in [6.45, 7) is 2.05. The standard InChI is InChI=1S/C12H18N2O/c1-9-7-11(12(15-2)13-8-9)14-10-5-3-4-6-10/h7-8,10,14H,3-6H2,1-2H3. The van der Waals surface area contributed by atoms with Crippen molar-refractivity contribution in [3.05, 3.63) is 17.8 Å². The number of nitrogens with zero attached hydrogens (tertiary/aromatic N) is 1. The largest absolute Gasteiger partial charge is 0.480 e. The smallest absolute Gasteiger partial charge is 0.237 e. The van der Waals surface area contributed by atoms with Crippen molar-refractivity contribution >= 4 is 5.69 Å². The topological polar surface area (TPSA) is 34.1 Å². The van der Waals surface area contributed by atoms with Crippen molar-refractivity contribution in [1.29, 1.82) is 0 Å². The minimum absolute atomic E-state index is 0.600. The molecular formula is C12H18N2O. The van der Waals surface area contributed by atoms with Gasteiger partial charge in [0, 0.05) is 12.2 Å². The second-order valence-corrected chi connectivity index (χ2v) is 4.20. The maximum Gasteiger partial charge on any atom is 0.237 e. The van der Waals surface area contributed by atoms with Gasteiger partial charge in [0.2, 0.25) is 5.88 Å². The van der Waals surface area contributed by atoms with E-state index < -0.39 is 0 Å². The molecule has 0 aliphatic heterocycles. The predicted molar refractivity (Wildman–Crippen MR) is 61.4 cm³/mol. The van der Waals surface area contributed by atoms with Crippen LogP contribution in [0.25, 0.3) is 0 Å². The van der Waals surface area contributed by atoms with Crippen LogP contribution in [0.2, 0.25) is 0 Å². The lowest BCUT2D eigenvalue weighted by molar-refractivity contribution is 0.399. The van der Waals surface area contributed by atoms with E-state index in [0.29, 0.717) is 11.9 Å². The van der Waals surface area contributed by atoms with E-state index in [-0.39, 0.29) is 0 Å².